The number of benzene rings is 3. The number of amides is 1. The number of anilines is 1. The average molecular weight is 504 g/mol. The Morgan fingerprint density at radius 3 is 2.31 bits per heavy atom. The monoisotopic (exact) mass is 503 g/mol. The normalized spacial score (nSPS) is 11.3. The van der Waals surface area contributed by atoms with E-state index in [2.05, 4.69) is 5.32 Å². The number of alkyl halides is 3. The van der Waals surface area contributed by atoms with Crippen LogP contribution in [0.15, 0.2) is 75.9 Å². The van der Waals surface area contributed by atoms with Gasteiger partial charge in [0.15, 0.2) is 6.61 Å². The maximum atomic E-state index is 13.7. The molecule has 0 fully saturated rings. The summed E-state index contributed by atoms with van der Waals surface area (Å²) in [5.74, 6) is -3.05. The lowest BCUT2D eigenvalue weighted by Crippen LogP contribution is -2.20. The molecule has 0 spiro atoms. The molecule has 0 radical (unpaired) electrons. The van der Waals surface area contributed by atoms with Crippen LogP contribution in [0.4, 0.5) is 18.9 Å². The van der Waals surface area contributed by atoms with Crippen molar-refractivity contribution in [1.82, 2.24) is 0 Å². The first-order chi connectivity index (χ1) is 16.6. The number of hydrogen-bond donors (Lipinski definition) is 1. The van der Waals surface area contributed by atoms with Gasteiger partial charge in [0.25, 0.3) is 11.7 Å². The Morgan fingerprint density at radius 1 is 1.00 bits per heavy atom. The smallest absolute Gasteiger partial charge is 0.453 e. The van der Waals surface area contributed by atoms with E-state index >= 15 is 0 Å². The molecule has 1 heterocycles. The minimum Gasteiger partial charge on any atom is -0.484 e. The molecule has 10 heteroatoms. The third kappa shape index (κ3) is 5.75. The molecule has 0 saturated carbocycles. The summed E-state index contributed by atoms with van der Waals surface area (Å²) in [6, 6.07) is 16.3. The Balaban J connectivity index is 1.59. The first-order valence-electron chi connectivity index (χ1n) is 10.2. The maximum absolute atomic E-state index is 13.7. The summed E-state index contributed by atoms with van der Waals surface area (Å²) in [4.78, 5) is 25.0. The van der Waals surface area contributed by atoms with Crippen molar-refractivity contribution in [3.05, 3.63) is 93.3 Å². The summed E-state index contributed by atoms with van der Waals surface area (Å²) in [6.07, 6.45) is -5.01. The summed E-state index contributed by atoms with van der Waals surface area (Å²) in [6.45, 7) is 1.50. The van der Waals surface area contributed by atoms with E-state index < -0.39 is 35.6 Å². The van der Waals surface area contributed by atoms with Gasteiger partial charge < -0.3 is 19.2 Å². The molecule has 1 N–H and O–H groups in total. The largest absolute Gasteiger partial charge is 0.484 e. The number of fused-ring (bicyclic) bond motifs is 1. The Morgan fingerprint density at radius 2 is 1.66 bits per heavy atom. The van der Waals surface area contributed by atoms with Crippen molar-refractivity contribution in [3.63, 3.8) is 0 Å². The van der Waals surface area contributed by atoms with Crippen LogP contribution in [0, 0.1) is 6.92 Å². The molecule has 4 aromatic rings. The van der Waals surface area contributed by atoms with Gasteiger partial charge in [0, 0.05) is 16.8 Å². The SMILES string of the molecule is Cc1ccc(NC(=O)COc2ccc3c(=O)c(Oc4ccc(Cl)cc4)c(C(F)(F)F)oc3c2)cc1. The Labute approximate surface area is 201 Å². The lowest BCUT2D eigenvalue weighted by atomic mass is 10.2. The van der Waals surface area contributed by atoms with Crippen LogP contribution in [0.1, 0.15) is 11.3 Å². The number of carbonyl (C=O) groups excluding carboxylic acids is 1. The maximum Gasteiger partial charge on any atom is 0.453 e. The van der Waals surface area contributed by atoms with Crippen LogP contribution >= 0.6 is 11.6 Å². The van der Waals surface area contributed by atoms with E-state index in [0.717, 1.165) is 11.6 Å². The highest BCUT2D eigenvalue weighted by Crippen LogP contribution is 2.38. The number of carbonyl (C=O) groups is 1. The Hall–Kier alpha value is -3.98. The molecule has 6 nitrogen and oxygen atoms in total. The van der Waals surface area contributed by atoms with Crippen LogP contribution in [-0.4, -0.2) is 12.5 Å². The van der Waals surface area contributed by atoms with Crippen LogP contribution in [0.5, 0.6) is 17.2 Å². The van der Waals surface area contributed by atoms with E-state index in [9.17, 15) is 22.8 Å². The first-order valence-corrected chi connectivity index (χ1v) is 10.6. The molecule has 35 heavy (non-hydrogen) atoms. The van der Waals surface area contributed by atoms with E-state index in [1.54, 1.807) is 12.1 Å². The highest BCUT2D eigenvalue weighted by Gasteiger charge is 2.40. The van der Waals surface area contributed by atoms with Gasteiger partial charge in [0.05, 0.1) is 5.39 Å². The second-order valence-electron chi connectivity index (χ2n) is 7.50. The van der Waals surface area contributed by atoms with E-state index in [1.807, 2.05) is 19.1 Å². The number of halogens is 4. The van der Waals surface area contributed by atoms with Gasteiger partial charge in [-0.1, -0.05) is 29.3 Å². The van der Waals surface area contributed by atoms with Crippen LogP contribution in [-0.2, 0) is 11.0 Å². The lowest BCUT2D eigenvalue weighted by molar-refractivity contribution is -0.154. The molecule has 0 atom stereocenters. The topological polar surface area (TPSA) is 77.8 Å². The van der Waals surface area contributed by atoms with Crippen LogP contribution in [0.3, 0.4) is 0 Å². The summed E-state index contributed by atoms with van der Waals surface area (Å²) < 4.78 is 56.7. The van der Waals surface area contributed by atoms with Crippen molar-refractivity contribution in [2.24, 2.45) is 0 Å². The van der Waals surface area contributed by atoms with Gasteiger partial charge in [0.2, 0.25) is 11.2 Å². The van der Waals surface area contributed by atoms with Gasteiger partial charge in [-0.15, -0.1) is 0 Å². The Kier molecular flexibility index (Phi) is 6.70. The van der Waals surface area contributed by atoms with Gasteiger partial charge in [-0.3, -0.25) is 9.59 Å². The third-order valence-corrected chi connectivity index (χ3v) is 5.07. The third-order valence-electron chi connectivity index (χ3n) is 4.82. The number of aryl methyl sites for hydroxylation is 1. The van der Waals surface area contributed by atoms with Crippen LogP contribution in [0.2, 0.25) is 5.02 Å². The van der Waals surface area contributed by atoms with E-state index in [4.69, 9.17) is 25.5 Å². The van der Waals surface area contributed by atoms with E-state index in [0.29, 0.717) is 10.7 Å². The number of ether oxygens (including phenoxy) is 2. The quantitative estimate of drug-likeness (QED) is 0.321. The molecule has 0 saturated heterocycles. The first kappa shape index (κ1) is 24.2. The predicted molar refractivity (Wildman–Crippen MR) is 124 cm³/mol. The molecule has 4 rings (SSSR count). The molecule has 0 aliphatic heterocycles. The minimum atomic E-state index is -5.01. The molecule has 3 aromatic carbocycles. The summed E-state index contributed by atoms with van der Waals surface area (Å²) in [7, 11) is 0. The molecule has 1 aromatic heterocycles. The summed E-state index contributed by atoms with van der Waals surface area (Å²) in [5.41, 5.74) is 0.202. The molecular formula is C25H17ClF3NO5. The second-order valence-corrected chi connectivity index (χ2v) is 7.94. The molecular weight excluding hydrogens is 487 g/mol. The molecule has 1 amide bonds. The van der Waals surface area contributed by atoms with Crippen LogP contribution in [0.25, 0.3) is 11.0 Å². The standard InChI is InChI=1S/C25H17ClF3NO5/c1-14-2-6-16(7-3-14)30-21(31)13-33-18-10-11-19-20(12-18)35-24(25(27,28)29)23(22(19)32)34-17-8-4-15(26)5-9-17/h2-12H,13H2,1H3,(H,30,31). The van der Waals surface area contributed by atoms with Crippen molar-refractivity contribution in [3.8, 4) is 17.2 Å². The van der Waals surface area contributed by atoms with Gasteiger partial charge in [-0.05, 0) is 55.5 Å². The fraction of sp³-hybridized carbons (Fsp3) is 0.120. The Bertz CT molecular complexity index is 1430. The second kappa shape index (κ2) is 9.71. The van der Waals surface area contributed by atoms with Crippen molar-refractivity contribution < 1.29 is 31.9 Å². The van der Waals surface area contributed by atoms with Gasteiger partial charge in [-0.2, -0.15) is 13.2 Å². The number of hydrogen-bond acceptors (Lipinski definition) is 5. The summed E-state index contributed by atoms with van der Waals surface area (Å²) in [5, 5.41) is 2.83. The highest BCUT2D eigenvalue weighted by atomic mass is 35.5. The molecule has 0 aliphatic rings. The lowest BCUT2D eigenvalue weighted by Gasteiger charge is -2.14. The highest BCUT2D eigenvalue weighted by molar-refractivity contribution is 6.30. The molecule has 180 valence electrons. The fourth-order valence-electron chi connectivity index (χ4n) is 3.13. The average Bonchev–Trinajstić information content (AvgIpc) is 2.81. The minimum absolute atomic E-state index is 0.0221. The van der Waals surface area contributed by atoms with Gasteiger partial charge in [-0.25, -0.2) is 0 Å². The zero-order valence-electron chi connectivity index (χ0n) is 18.1. The predicted octanol–water partition coefficient (Wildman–Crippen LogP) is 6.58. The zero-order valence-corrected chi connectivity index (χ0v) is 18.9. The van der Waals surface area contributed by atoms with Crippen molar-refractivity contribution >= 4 is 34.2 Å². The fourth-order valence-corrected chi connectivity index (χ4v) is 3.25. The number of nitrogens with one attached hydrogen (secondary N) is 1. The van der Waals surface area contributed by atoms with Crippen molar-refractivity contribution in [2.45, 2.75) is 13.1 Å². The van der Waals surface area contributed by atoms with Crippen LogP contribution < -0.4 is 20.2 Å². The molecule has 0 aliphatic carbocycles. The molecule has 0 unspecified atom stereocenters. The van der Waals surface area contributed by atoms with E-state index in [1.165, 1.54) is 36.4 Å². The molecule has 0 bridgehead atoms. The summed E-state index contributed by atoms with van der Waals surface area (Å²) >= 11 is 5.78. The van der Waals surface area contributed by atoms with Gasteiger partial charge in [0.1, 0.15) is 17.1 Å². The zero-order chi connectivity index (χ0) is 25.2. The number of rotatable bonds is 6. The van der Waals surface area contributed by atoms with E-state index in [-0.39, 0.29) is 22.5 Å². The van der Waals surface area contributed by atoms with Crippen molar-refractivity contribution in [2.75, 3.05) is 11.9 Å². The van der Waals surface area contributed by atoms with Gasteiger partial charge >= 0.3 is 6.18 Å². The van der Waals surface area contributed by atoms with Crippen molar-refractivity contribution in [1.29, 1.82) is 0 Å².